The van der Waals surface area contributed by atoms with Crippen molar-refractivity contribution in [2.24, 2.45) is 0 Å². The van der Waals surface area contributed by atoms with Crippen LogP contribution >= 0.6 is 0 Å². The molecule has 1 aliphatic heterocycles. The van der Waals surface area contributed by atoms with Crippen LogP contribution in [0, 0.1) is 0 Å². The molecule has 1 aromatic rings. The topological polar surface area (TPSA) is 97.7 Å². The molecule has 7 nitrogen and oxygen atoms in total. The Morgan fingerprint density at radius 3 is 2.33 bits per heavy atom. The molecule has 148 valence electrons. The maximum atomic E-state index is 13.0. The number of hydrogen-bond acceptors (Lipinski definition) is 5. The Morgan fingerprint density at radius 2 is 1.74 bits per heavy atom. The summed E-state index contributed by atoms with van der Waals surface area (Å²) in [5.41, 5.74) is 0.294. The SMILES string of the molecule is C[C@@H]1C[C@@H](OS(=O)(=O)C2CCCCC2)C[N@+]1(C(=O)O)C(=O)c1ccccc1. The van der Waals surface area contributed by atoms with Crippen molar-refractivity contribution in [3.8, 4) is 0 Å². The molecule has 1 aromatic carbocycles. The highest BCUT2D eigenvalue weighted by Crippen LogP contribution is 2.34. The van der Waals surface area contributed by atoms with Crippen molar-refractivity contribution < 1.29 is 31.8 Å². The first-order chi connectivity index (χ1) is 12.8. The Kier molecular flexibility index (Phi) is 5.69. The highest BCUT2D eigenvalue weighted by molar-refractivity contribution is 7.87. The molecule has 0 spiro atoms. The van der Waals surface area contributed by atoms with Gasteiger partial charge in [0, 0.05) is 6.42 Å². The Morgan fingerprint density at radius 1 is 1.11 bits per heavy atom. The maximum Gasteiger partial charge on any atom is 0.521 e. The van der Waals surface area contributed by atoms with Crippen molar-refractivity contribution in [2.75, 3.05) is 6.54 Å². The van der Waals surface area contributed by atoms with E-state index in [1.54, 1.807) is 37.3 Å². The summed E-state index contributed by atoms with van der Waals surface area (Å²) in [5.74, 6) is -0.545. The number of hydrogen-bond donors (Lipinski definition) is 1. The lowest BCUT2D eigenvalue weighted by atomic mass is 10.0. The lowest BCUT2D eigenvalue weighted by Crippen LogP contribution is -2.59. The molecule has 8 heteroatoms. The number of carboxylic acid groups (broad SMARTS) is 1. The largest absolute Gasteiger partial charge is 0.521 e. The molecule has 0 aromatic heterocycles. The van der Waals surface area contributed by atoms with E-state index in [0.29, 0.717) is 18.4 Å². The van der Waals surface area contributed by atoms with E-state index < -0.39 is 44.0 Å². The Bertz CT molecular complexity index is 803. The van der Waals surface area contributed by atoms with E-state index >= 15 is 0 Å². The summed E-state index contributed by atoms with van der Waals surface area (Å²) in [6, 6.07) is 7.66. The number of carbonyl (C=O) groups excluding carboxylic acids is 1. The van der Waals surface area contributed by atoms with Crippen LogP contribution in [0.4, 0.5) is 4.79 Å². The van der Waals surface area contributed by atoms with Gasteiger partial charge in [0.05, 0.1) is 10.8 Å². The van der Waals surface area contributed by atoms with Crippen LogP contribution in [0.25, 0.3) is 0 Å². The normalized spacial score (nSPS) is 29.5. The summed E-state index contributed by atoms with van der Waals surface area (Å²) in [7, 11) is -3.77. The van der Waals surface area contributed by atoms with E-state index in [0.717, 1.165) is 19.3 Å². The van der Waals surface area contributed by atoms with Gasteiger partial charge in [-0.05, 0) is 31.9 Å². The second-order valence-electron chi connectivity index (χ2n) is 7.56. The molecule has 0 unspecified atom stereocenters. The molecule has 2 aliphatic rings. The van der Waals surface area contributed by atoms with Crippen LogP contribution in [0.5, 0.6) is 0 Å². The van der Waals surface area contributed by atoms with Gasteiger partial charge >= 0.3 is 12.0 Å². The summed E-state index contributed by atoms with van der Waals surface area (Å²) in [5, 5.41) is 9.35. The number of imide groups is 1. The van der Waals surface area contributed by atoms with E-state index in [-0.39, 0.29) is 13.0 Å². The highest BCUT2D eigenvalue weighted by atomic mass is 32.2. The van der Waals surface area contributed by atoms with E-state index in [1.165, 1.54) is 0 Å². The van der Waals surface area contributed by atoms with E-state index in [2.05, 4.69) is 0 Å². The number of quaternary nitrogens is 1. The number of rotatable bonds is 4. The molecule has 3 atom stereocenters. The van der Waals surface area contributed by atoms with Crippen LogP contribution in [0.2, 0.25) is 0 Å². The first kappa shape index (κ1) is 20.0. The standard InChI is InChI=1S/C19H25NO6S/c1-14-12-16(26-27(24,25)17-10-6-3-7-11-17)13-20(14,19(22)23)18(21)15-8-4-2-5-9-15/h2,4-5,8-9,14,16-17H,3,6-7,10-13H2,1H3/p+1/t14-,16-,20-/m1/s1. The smallest absolute Gasteiger partial charge is 0.435 e. The van der Waals surface area contributed by atoms with Gasteiger partial charge in [-0.1, -0.05) is 37.5 Å². The van der Waals surface area contributed by atoms with Gasteiger partial charge in [0.25, 0.3) is 10.1 Å². The third-order valence-electron chi connectivity index (χ3n) is 5.80. The molecule has 1 heterocycles. The van der Waals surface area contributed by atoms with Crippen molar-refractivity contribution in [1.29, 1.82) is 0 Å². The van der Waals surface area contributed by atoms with Crippen molar-refractivity contribution in [1.82, 2.24) is 0 Å². The predicted molar refractivity (Wildman–Crippen MR) is 98.7 cm³/mol. The summed E-state index contributed by atoms with van der Waals surface area (Å²) < 4.78 is 29.8. The van der Waals surface area contributed by atoms with Gasteiger partial charge in [-0.15, -0.1) is 0 Å². The second-order valence-corrected chi connectivity index (χ2v) is 9.41. The fraction of sp³-hybridized carbons (Fsp3) is 0.579. The minimum Gasteiger partial charge on any atom is -0.435 e. The quantitative estimate of drug-likeness (QED) is 0.620. The van der Waals surface area contributed by atoms with Crippen LogP contribution in [-0.4, -0.2) is 53.9 Å². The Balaban J connectivity index is 1.82. The molecule has 1 aliphatic carbocycles. The van der Waals surface area contributed by atoms with Crippen molar-refractivity contribution in [3.05, 3.63) is 35.9 Å². The third-order valence-corrected chi connectivity index (χ3v) is 7.63. The van der Waals surface area contributed by atoms with Crippen molar-refractivity contribution in [3.63, 3.8) is 0 Å². The summed E-state index contributed by atoms with van der Waals surface area (Å²) in [4.78, 5) is 25.1. The van der Waals surface area contributed by atoms with Gasteiger partial charge in [-0.25, -0.2) is 4.79 Å². The molecule has 0 bridgehead atoms. The summed E-state index contributed by atoms with van der Waals surface area (Å²) >= 11 is 0. The highest BCUT2D eigenvalue weighted by Gasteiger charge is 2.58. The monoisotopic (exact) mass is 396 g/mol. The molecule has 1 saturated carbocycles. The van der Waals surface area contributed by atoms with Crippen LogP contribution in [0.1, 0.15) is 55.8 Å². The molecule has 2 fully saturated rings. The molecule has 27 heavy (non-hydrogen) atoms. The number of benzene rings is 1. The molecular weight excluding hydrogens is 370 g/mol. The average Bonchev–Trinajstić information content (AvgIpc) is 2.99. The van der Waals surface area contributed by atoms with Gasteiger partial charge in [0.2, 0.25) is 0 Å². The van der Waals surface area contributed by atoms with Crippen LogP contribution in [0.15, 0.2) is 30.3 Å². The van der Waals surface area contributed by atoms with Gasteiger partial charge < -0.3 is 5.11 Å². The molecule has 3 rings (SSSR count). The van der Waals surface area contributed by atoms with Gasteiger partial charge in [-0.2, -0.15) is 17.7 Å². The molecule has 1 N–H and O–H groups in total. The van der Waals surface area contributed by atoms with Gasteiger partial charge in [0.1, 0.15) is 18.7 Å². The van der Waals surface area contributed by atoms with Gasteiger partial charge in [0.15, 0.2) is 0 Å². The van der Waals surface area contributed by atoms with Crippen molar-refractivity contribution >= 4 is 22.1 Å². The van der Waals surface area contributed by atoms with Gasteiger partial charge in [-0.3, -0.25) is 4.18 Å². The van der Waals surface area contributed by atoms with Crippen LogP contribution in [0.3, 0.4) is 0 Å². The lowest BCUT2D eigenvalue weighted by molar-refractivity contribution is -0.787. The minimum atomic E-state index is -3.77. The van der Waals surface area contributed by atoms with E-state index in [9.17, 15) is 23.1 Å². The zero-order chi connectivity index (χ0) is 19.7. The molecular formula is C19H26NO6S+. The predicted octanol–water partition coefficient (Wildman–Crippen LogP) is 3.16. The Labute approximate surface area is 159 Å². The summed E-state index contributed by atoms with van der Waals surface area (Å²) in [6.07, 6.45) is 2.01. The number of nitrogens with zero attached hydrogens (tertiary/aromatic N) is 1. The number of amides is 2. The van der Waals surface area contributed by atoms with Crippen LogP contribution in [-0.2, 0) is 14.3 Å². The second kappa shape index (κ2) is 7.69. The molecule has 2 amide bonds. The average molecular weight is 396 g/mol. The number of likely N-dealkylation sites (tertiary alicyclic amines) is 1. The fourth-order valence-corrected chi connectivity index (χ4v) is 5.86. The van der Waals surface area contributed by atoms with Crippen molar-refractivity contribution in [2.45, 2.75) is 62.8 Å². The fourth-order valence-electron chi connectivity index (χ4n) is 4.28. The van der Waals surface area contributed by atoms with E-state index in [1.807, 2.05) is 0 Å². The molecule has 1 saturated heterocycles. The van der Waals surface area contributed by atoms with Crippen LogP contribution < -0.4 is 0 Å². The zero-order valence-corrected chi connectivity index (χ0v) is 16.2. The Hall–Kier alpha value is -1.77. The molecule has 0 radical (unpaired) electrons. The summed E-state index contributed by atoms with van der Waals surface area (Å²) in [6.45, 7) is 1.47. The lowest BCUT2D eigenvalue weighted by Gasteiger charge is -2.29. The minimum absolute atomic E-state index is 0.184. The first-order valence-corrected chi connectivity index (χ1v) is 10.9. The zero-order valence-electron chi connectivity index (χ0n) is 15.4. The van der Waals surface area contributed by atoms with E-state index in [4.69, 9.17) is 4.18 Å². The maximum absolute atomic E-state index is 13.0. The third kappa shape index (κ3) is 3.79. The number of carbonyl (C=O) groups is 2. The first-order valence-electron chi connectivity index (χ1n) is 9.40.